The molecule has 92 valence electrons. The molecule has 0 saturated heterocycles. The first kappa shape index (κ1) is 11.9. The van der Waals surface area contributed by atoms with Gasteiger partial charge in [-0.25, -0.2) is 9.78 Å². The number of pyridine rings is 1. The lowest BCUT2D eigenvalue weighted by atomic mass is 9.90. The minimum atomic E-state index is -1.36. The Hall–Kier alpha value is -1.62. The van der Waals surface area contributed by atoms with Crippen LogP contribution in [-0.2, 0) is 10.2 Å². The molecular formula is C12H16N2O3. The van der Waals surface area contributed by atoms with E-state index in [1.165, 1.54) is 0 Å². The van der Waals surface area contributed by atoms with Crippen molar-refractivity contribution in [3.8, 4) is 0 Å². The van der Waals surface area contributed by atoms with Gasteiger partial charge in [-0.2, -0.15) is 0 Å². The number of carbonyl (C=O) groups is 1. The van der Waals surface area contributed by atoms with Crippen LogP contribution in [0.1, 0.15) is 18.4 Å². The standard InChI is InChI=1S/C12H16N2O3/c1-14(2)10-8(4-3-7-13-10)12(5-6-12)9(15)11(16)17/h3-4,7,9,15H,5-6H2,1-2H3,(H,16,17). The fraction of sp³-hybridized carbons (Fsp3) is 0.500. The Morgan fingerprint density at radius 1 is 1.53 bits per heavy atom. The minimum Gasteiger partial charge on any atom is -0.479 e. The Balaban J connectivity index is 2.44. The quantitative estimate of drug-likeness (QED) is 0.802. The number of aliphatic carboxylic acids is 1. The molecule has 5 nitrogen and oxygen atoms in total. The first-order valence-corrected chi connectivity index (χ1v) is 5.53. The summed E-state index contributed by atoms with van der Waals surface area (Å²) >= 11 is 0. The summed E-state index contributed by atoms with van der Waals surface area (Å²) in [4.78, 5) is 17.0. The Morgan fingerprint density at radius 3 is 2.65 bits per heavy atom. The number of aromatic nitrogens is 1. The molecule has 1 aliphatic rings. The molecule has 0 radical (unpaired) electrons. The van der Waals surface area contributed by atoms with Crippen LogP contribution in [-0.4, -0.2) is 41.4 Å². The van der Waals surface area contributed by atoms with Crippen LogP contribution in [0.3, 0.4) is 0 Å². The van der Waals surface area contributed by atoms with Crippen molar-refractivity contribution in [2.45, 2.75) is 24.4 Å². The van der Waals surface area contributed by atoms with E-state index in [1.54, 1.807) is 12.3 Å². The van der Waals surface area contributed by atoms with Crippen LogP contribution in [0.25, 0.3) is 0 Å². The van der Waals surface area contributed by atoms with Crippen molar-refractivity contribution in [2.75, 3.05) is 19.0 Å². The molecule has 5 heteroatoms. The van der Waals surface area contributed by atoms with Gasteiger partial charge in [-0.3, -0.25) is 0 Å². The average molecular weight is 236 g/mol. The SMILES string of the molecule is CN(C)c1ncccc1C1(C(O)C(=O)O)CC1. The summed E-state index contributed by atoms with van der Waals surface area (Å²) in [5.74, 6) is -0.443. The van der Waals surface area contributed by atoms with E-state index in [9.17, 15) is 9.90 Å². The van der Waals surface area contributed by atoms with Crippen molar-refractivity contribution in [3.05, 3.63) is 23.9 Å². The third-order valence-electron chi connectivity index (χ3n) is 3.29. The van der Waals surface area contributed by atoms with E-state index < -0.39 is 17.5 Å². The summed E-state index contributed by atoms with van der Waals surface area (Å²) < 4.78 is 0. The van der Waals surface area contributed by atoms with Crippen LogP contribution in [0.15, 0.2) is 18.3 Å². The molecular weight excluding hydrogens is 220 g/mol. The minimum absolute atomic E-state index is 0.653. The molecule has 0 bridgehead atoms. The van der Waals surface area contributed by atoms with Crippen molar-refractivity contribution in [2.24, 2.45) is 0 Å². The first-order valence-electron chi connectivity index (χ1n) is 5.53. The second kappa shape index (κ2) is 4.00. The smallest absolute Gasteiger partial charge is 0.333 e. The maximum Gasteiger partial charge on any atom is 0.333 e. The van der Waals surface area contributed by atoms with Crippen molar-refractivity contribution in [1.82, 2.24) is 4.98 Å². The van der Waals surface area contributed by atoms with Crippen molar-refractivity contribution >= 4 is 11.8 Å². The second-order valence-corrected chi connectivity index (χ2v) is 4.67. The molecule has 1 aromatic heterocycles. The summed E-state index contributed by atoms with van der Waals surface area (Å²) in [7, 11) is 3.71. The number of rotatable bonds is 4. The molecule has 0 amide bonds. The number of hydrogen-bond acceptors (Lipinski definition) is 4. The van der Waals surface area contributed by atoms with Gasteiger partial charge in [0, 0.05) is 31.3 Å². The number of anilines is 1. The number of aliphatic hydroxyl groups is 1. The summed E-state index contributed by atoms with van der Waals surface area (Å²) in [5.41, 5.74) is 0.166. The van der Waals surface area contributed by atoms with Gasteiger partial charge in [-0.05, 0) is 18.9 Å². The van der Waals surface area contributed by atoms with E-state index in [1.807, 2.05) is 25.1 Å². The fourth-order valence-electron chi connectivity index (χ4n) is 2.20. The van der Waals surface area contributed by atoms with E-state index in [0.717, 1.165) is 11.4 Å². The van der Waals surface area contributed by atoms with Gasteiger partial charge in [0.05, 0.1) is 0 Å². The summed E-state index contributed by atoms with van der Waals surface area (Å²) in [6, 6.07) is 3.62. The van der Waals surface area contributed by atoms with Crippen LogP contribution < -0.4 is 4.90 Å². The summed E-state index contributed by atoms with van der Waals surface area (Å²) in [5, 5.41) is 18.8. The monoisotopic (exact) mass is 236 g/mol. The Kier molecular flexibility index (Phi) is 2.79. The second-order valence-electron chi connectivity index (χ2n) is 4.67. The number of aliphatic hydroxyl groups excluding tert-OH is 1. The maximum atomic E-state index is 11.0. The lowest BCUT2D eigenvalue weighted by Crippen LogP contribution is -2.35. The number of carboxylic acids is 1. The third-order valence-corrected chi connectivity index (χ3v) is 3.29. The van der Waals surface area contributed by atoms with Crippen LogP contribution in [0.2, 0.25) is 0 Å². The molecule has 1 saturated carbocycles. The zero-order chi connectivity index (χ0) is 12.6. The van der Waals surface area contributed by atoms with Crippen LogP contribution >= 0.6 is 0 Å². The van der Waals surface area contributed by atoms with Gasteiger partial charge in [-0.1, -0.05) is 6.07 Å². The summed E-state index contributed by atoms with van der Waals surface area (Å²) in [6.07, 6.45) is 1.69. The number of hydrogen-bond donors (Lipinski definition) is 2. The molecule has 1 unspecified atom stereocenters. The molecule has 17 heavy (non-hydrogen) atoms. The largest absolute Gasteiger partial charge is 0.479 e. The molecule has 0 aliphatic heterocycles. The number of nitrogens with zero attached hydrogens (tertiary/aromatic N) is 2. The molecule has 1 fully saturated rings. The molecule has 1 heterocycles. The van der Waals surface area contributed by atoms with E-state index in [2.05, 4.69) is 4.98 Å². The lowest BCUT2D eigenvalue weighted by molar-refractivity contribution is -0.148. The van der Waals surface area contributed by atoms with E-state index in [-0.39, 0.29) is 0 Å². The normalized spacial score (nSPS) is 18.5. The topological polar surface area (TPSA) is 73.7 Å². The van der Waals surface area contributed by atoms with Crippen LogP contribution in [0.4, 0.5) is 5.82 Å². The zero-order valence-corrected chi connectivity index (χ0v) is 9.92. The average Bonchev–Trinajstić information content (AvgIpc) is 3.09. The Bertz CT molecular complexity index is 441. The first-order chi connectivity index (χ1) is 7.99. The van der Waals surface area contributed by atoms with Crippen molar-refractivity contribution < 1.29 is 15.0 Å². The predicted molar refractivity (Wildman–Crippen MR) is 63.1 cm³/mol. The molecule has 0 spiro atoms. The van der Waals surface area contributed by atoms with E-state index in [0.29, 0.717) is 12.8 Å². The molecule has 2 rings (SSSR count). The van der Waals surface area contributed by atoms with Crippen LogP contribution in [0, 0.1) is 0 Å². The molecule has 1 aliphatic carbocycles. The van der Waals surface area contributed by atoms with E-state index >= 15 is 0 Å². The van der Waals surface area contributed by atoms with Gasteiger partial charge in [0.25, 0.3) is 0 Å². The maximum absolute atomic E-state index is 11.0. The summed E-state index contributed by atoms with van der Waals surface area (Å²) in [6.45, 7) is 0. The van der Waals surface area contributed by atoms with Crippen molar-refractivity contribution in [1.29, 1.82) is 0 Å². The van der Waals surface area contributed by atoms with Crippen LogP contribution in [0.5, 0.6) is 0 Å². The molecule has 2 N–H and O–H groups in total. The Labute approximate surface area is 99.7 Å². The van der Waals surface area contributed by atoms with Gasteiger partial charge in [0.2, 0.25) is 0 Å². The van der Waals surface area contributed by atoms with Gasteiger partial charge < -0.3 is 15.1 Å². The van der Waals surface area contributed by atoms with E-state index in [4.69, 9.17) is 5.11 Å². The highest BCUT2D eigenvalue weighted by molar-refractivity contribution is 5.76. The third kappa shape index (κ3) is 1.86. The van der Waals surface area contributed by atoms with Gasteiger partial charge in [0.15, 0.2) is 6.10 Å². The van der Waals surface area contributed by atoms with Gasteiger partial charge in [0.1, 0.15) is 5.82 Å². The molecule has 1 aromatic rings. The fourth-order valence-corrected chi connectivity index (χ4v) is 2.20. The molecule has 0 aromatic carbocycles. The predicted octanol–water partition coefficient (Wildman–Crippen LogP) is 0.625. The molecule has 1 atom stereocenters. The lowest BCUT2D eigenvalue weighted by Gasteiger charge is -2.24. The zero-order valence-electron chi connectivity index (χ0n) is 9.92. The highest BCUT2D eigenvalue weighted by Gasteiger charge is 2.55. The number of carboxylic acid groups (broad SMARTS) is 1. The van der Waals surface area contributed by atoms with Crippen molar-refractivity contribution in [3.63, 3.8) is 0 Å². The van der Waals surface area contributed by atoms with Gasteiger partial charge in [-0.15, -0.1) is 0 Å². The Morgan fingerprint density at radius 2 is 2.18 bits per heavy atom. The highest BCUT2D eigenvalue weighted by atomic mass is 16.4. The van der Waals surface area contributed by atoms with Gasteiger partial charge >= 0.3 is 5.97 Å². The highest BCUT2D eigenvalue weighted by Crippen LogP contribution is 2.53.